The lowest BCUT2D eigenvalue weighted by molar-refractivity contribution is -0.125. The van der Waals surface area contributed by atoms with Crippen LogP contribution in [0.5, 0.6) is 0 Å². The van der Waals surface area contributed by atoms with E-state index in [0.29, 0.717) is 6.61 Å². The summed E-state index contributed by atoms with van der Waals surface area (Å²) >= 11 is 0. The van der Waals surface area contributed by atoms with Gasteiger partial charge in [-0.15, -0.1) is 0 Å². The largest absolute Gasteiger partial charge is 0.492 e. The summed E-state index contributed by atoms with van der Waals surface area (Å²) in [7, 11) is 0. The third-order valence-corrected chi connectivity index (χ3v) is 4.67. The second kappa shape index (κ2) is 4.90. The minimum Gasteiger partial charge on any atom is -0.492 e. The maximum absolute atomic E-state index is 11.7. The number of hydrogen-bond acceptors (Lipinski definition) is 2. The summed E-state index contributed by atoms with van der Waals surface area (Å²) in [6, 6.07) is 0. The molecule has 1 atom stereocenters. The lowest BCUT2D eigenvalue weighted by atomic mass is 9.83. The molecule has 112 valence electrons. The zero-order chi connectivity index (χ0) is 15.1. The Bertz CT molecular complexity index is 568. The standard InChI is InChI=1S/C18H23NO2/c1-4-16(20)19-10-9-18(12-19)11-15(21-13-18)14-5-7-17(2,3)8-6-14/h4-7,11H,1,8-10,12-13H2,2-3H3. The summed E-state index contributed by atoms with van der Waals surface area (Å²) in [5, 5.41) is 0. The van der Waals surface area contributed by atoms with E-state index in [2.05, 4.69) is 44.7 Å². The summed E-state index contributed by atoms with van der Waals surface area (Å²) in [4.78, 5) is 13.6. The van der Waals surface area contributed by atoms with E-state index < -0.39 is 0 Å². The molecule has 0 radical (unpaired) electrons. The van der Waals surface area contributed by atoms with E-state index in [0.717, 1.165) is 31.7 Å². The van der Waals surface area contributed by atoms with Crippen molar-refractivity contribution in [2.75, 3.05) is 19.7 Å². The van der Waals surface area contributed by atoms with Gasteiger partial charge >= 0.3 is 0 Å². The van der Waals surface area contributed by atoms with Crippen LogP contribution in [-0.4, -0.2) is 30.5 Å². The van der Waals surface area contributed by atoms with Gasteiger partial charge in [0.25, 0.3) is 0 Å². The van der Waals surface area contributed by atoms with Gasteiger partial charge in [-0.2, -0.15) is 0 Å². The van der Waals surface area contributed by atoms with E-state index in [1.54, 1.807) is 0 Å². The monoisotopic (exact) mass is 285 g/mol. The molecule has 2 aliphatic heterocycles. The topological polar surface area (TPSA) is 29.5 Å². The van der Waals surface area contributed by atoms with Crippen LogP contribution in [-0.2, 0) is 9.53 Å². The van der Waals surface area contributed by atoms with Crippen molar-refractivity contribution >= 4 is 5.91 Å². The van der Waals surface area contributed by atoms with E-state index in [9.17, 15) is 4.79 Å². The average Bonchev–Trinajstić information content (AvgIpc) is 3.06. The number of carbonyl (C=O) groups is 1. The van der Waals surface area contributed by atoms with Crippen molar-refractivity contribution in [1.29, 1.82) is 0 Å². The molecule has 0 bridgehead atoms. The van der Waals surface area contributed by atoms with Gasteiger partial charge in [0.15, 0.2) is 0 Å². The van der Waals surface area contributed by atoms with Crippen LogP contribution in [0.3, 0.4) is 0 Å². The smallest absolute Gasteiger partial charge is 0.245 e. The molecular weight excluding hydrogens is 262 g/mol. The molecule has 3 heteroatoms. The Morgan fingerprint density at radius 2 is 2.29 bits per heavy atom. The Labute approximate surface area is 126 Å². The predicted octanol–water partition coefficient (Wildman–Crippen LogP) is 3.22. The summed E-state index contributed by atoms with van der Waals surface area (Å²) in [5.74, 6) is 1.00. The zero-order valence-electron chi connectivity index (χ0n) is 12.9. The molecule has 1 saturated heterocycles. The lowest BCUT2D eigenvalue weighted by Crippen LogP contribution is -2.30. The quantitative estimate of drug-likeness (QED) is 0.729. The maximum Gasteiger partial charge on any atom is 0.245 e. The summed E-state index contributed by atoms with van der Waals surface area (Å²) < 4.78 is 5.94. The molecule has 0 N–H and O–H groups in total. The van der Waals surface area contributed by atoms with Crippen molar-refractivity contribution in [1.82, 2.24) is 4.90 Å². The number of ether oxygens (including phenoxy) is 1. The van der Waals surface area contributed by atoms with Crippen LogP contribution in [0.25, 0.3) is 0 Å². The number of nitrogens with zero attached hydrogens (tertiary/aromatic N) is 1. The minimum absolute atomic E-state index is 0.00432. The molecule has 1 spiro atoms. The number of allylic oxidation sites excluding steroid dienone is 3. The van der Waals surface area contributed by atoms with Crippen LogP contribution >= 0.6 is 0 Å². The molecule has 0 aromatic heterocycles. The van der Waals surface area contributed by atoms with Crippen LogP contribution in [0, 0.1) is 10.8 Å². The van der Waals surface area contributed by atoms with E-state index in [4.69, 9.17) is 4.74 Å². The first-order valence-electron chi connectivity index (χ1n) is 7.60. The van der Waals surface area contributed by atoms with Crippen molar-refractivity contribution in [3.63, 3.8) is 0 Å². The van der Waals surface area contributed by atoms with Gasteiger partial charge in [0.05, 0.1) is 6.61 Å². The predicted molar refractivity (Wildman–Crippen MR) is 83.5 cm³/mol. The van der Waals surface area contributed by atoms with Gasteiger partial charge in [0.2, 0.25) is 5.91 Å². The van der Waals surface area contributed by atoms with Crippen molar-refractivity contribution in [3.8, 4) is 0 Å². The minimum atomic E-state index is -0.00432. The van der Waals surface area contributed by atoms with Crippen molar-refractivity contribution in [3.05, 3.63) is 48.3 Å². The maximum atomic E-state index is 11.7. The van der Waals surface area contributed by atoms with Crippen molar-refractivity contribution in [2.45, 2.75) is 26.7 Å². The van der Waals surface area contributed by atoms with Crippen LogP contribution in [0.15, 0.2) is 48.3 Å². The first-order chi connectivity index (χ1) is 9.93. The fourth-order valence-corrected chi connectivity index (χ4v) is 3.21. The Kier molecular flexibility index (Phi) is 3.31. The highest BCUT2D eigenvalue weighted by Gasteiger charge is 2.42. The van der Waals surface area contributed by atoms with Gasteiger partial charge in [0, 0.05) is 24.1 Å². The fourth-order valence-electron chi connectivity index (χ4n) is 3.21. The molecule has 3 rings (SSSR count). The molecule has 3 nitrogen and oxygen atoms in total. The molecule has 0 aromatic rings. The van der Waals surface area contributed by atoms with Gasteiger partial charge in [-0.1, -0.05) is 38.7 Å². The molecule has 0 saturated carbocycles. The first-order valence-corrected chi connectivity index (χ1v) is 7.60. The molecule has 2 heterocycles. The van der Waals surface area contributed by atoms with E-state index in [1.165, 1.54) is 11.6 Å². The number of amides is 1. The zero-order valence-corrected chi connectivity index (χ0v) is 12.9. The highest BCUT2D eigenvalue weighted by molar-refractivity contribution is 5.87. The van der Waals surface area contributed by atoms with Crippen LogP contribution < -0.4 is 0 Å². The van der Waals surface area contributed by atoms with Gasteiger partial charge < -0.3 is 9.64 Å². The van der Waals surface area contributed by atoms with Crippen molar-refractivity contribution < 1.29 is 9.53 Å². The average molecular weight is 285 g/mol. The molecule has 3 aliphatic rings. The van der Waals surface area contributed by atoms with E-state index in [-0.39, 0.29) is 16.7 Å². The van der Waals surface area contributed by atoms with Crippen LogP contribution in [0.2, 0.25) is 0 Å². The lowest BCUT2D eigenvalue weighted by Gasteiger charge is -2.22. The third-order valence-electron chi connectivity index (χ3n) is 4.67. The fraction of sp³-hybridized carbons (Fsp3) is 0.500. The van der Waals surface area contributed by atoms with Crippen LogP contribution in [0.1, 0.15) is 26.7 Å². The summed E-state index contributed by atoms with van der Waals surface area (Å²) in [6.07, 6.45) is 12.3. The Balaban J connectivity index is 1.74. The van der Waals surface area contributed by atoms with Gasteiger partial charge in [-0.25, -0.2) is 0 Å². The van der Waals surface area contributed by atoms with Crippen molar-refractivity contribution in [2.24, 2.45) is 10.8 Å². The van der Waals surface area contributed by atoms with Gasteiger partial charge in [0.1, 0.15) is 5.76 Å². The Hall–Kier alpha value is -1.77. The molecular formula is C18H23NO2. The van der Waals surface area contributed by atoms with Crippen LogP contribution in [0.4, 0.5) is 0 Å². The number of likely N-dealkylation sites (tertiary alicyclic amines) is 1. The highest BCUT2D eigenvalue weighted by Crippen LogP contribution is 2.41. The number of rotatable bonds is 2. The normalized spacial score (nSPS) is 30.1. The summed E-state index contributed by atoms with van der Waals surface area (Å²) in [5.41, 5.74) is 1.41. The highest BCUT2D eigenvalue weighted by atomic mass is 16.5. The first kappa shape index (κ1) is 14.2. The Morgan fingerprint density at radius 1 is 1.48 bits per heavy atom. The molecule has 1 aliphatic carbocycles. The number of carbonyl (C=O) groups excluding carboxylic acids is 1. The van der Waals surface area contributed by atoms with E-state index in [1.807, 2.05) is 4.90 Å². The SMILES string of the molecule is C=CC(=O)N1CCC2(C=C(C3=CCC(C)(C)C=C3)OC2)C1. The third kappa shape index (κ3) is 2.69. The summed E-state index contributed by atoms with van der Waals surface area (Å²) in [6.45, 7) is 10.2. The molecule has 1 amide bonds. The molecule has 1 fully saturated rings. The molecule has 1 unspecified atom stereocenters. The number of hydrogen-bond donors (Lipinski definition) is 0. The Morgan fingerprint density at radius 3 is 2.95 bits per heavy atom. The second-order valence-corrected chi connectivity index (χ2v) is 7.06. The molecule has 21 heavy (non-hydrogen) atoms. The van der Waals surface area contributed by atoms with Gasteiger partial charge in [-0.05, 0) is 30.4 Å². The van der Waals surface area contributed by atoms with Gasteiger partial charge in [-0.3, -0.25) is 4.79 Å². The molecule has 0 aromatic carbocycles. The second-order valence-electron chi connectivity index (χ2n) is 7.06. The van der Waals surface area contributed by atoms with E-state index >= 15 is 0 Å².